The molecular weight excluding hydrogens is 316 g/mol. The van der Waals surface area contributed by atoms with Crippen LogP contribution in [0, 0.1) is 13.8 Å². The van der Waals surface area contributed by atoms with E-state index in [0.29, 0.717) is 18.8 Å². The van der Waals surface area contributed by atoms with Crippen molar-refractivity contribution in [1.82, 2.24) is 24.3 Å². The highest BCUT2D eigenvalue weighted by Crippen LogP contribution is 2.17. The first-order valence-corrected chi connectivity index (χ1v) is 8.40. The number of imidazole rings is 1. The van der Waals surface area contributed by atoms with E-state index in [1.807, 2.05) is 41.5 Å². The second-order valence-corrected chi connectivity index (χ2v) is 6.31. The van der Waals surface area contributed by atoms with Crippen LogP contribution in [0.4, 0.5) is 5.95 Å². The smallest absolute Gasteiger partial charge is 0.272 e. The number of rotatable bonds is 2. The van der Waals surface area contributed by atoms with Gasteiger partial charge < -0.3 is 9.80 Å². The van der Waals surface area contributed by atoms with Gasteiger partial charge in [0.2, 0.25) is 5.95 Å². The molecule has 4 heterocycles. The minimum absolute atomic E-state index is 0.0317. The summed E-state index contributed by atoms with van der Waals surface area (Å²) in [6.45, 7) is 6.66. The summed E-state index contributed by atoms with van der Waals surface area (Å²) in [5, 5.41) is 0. The Morgan fingerprint density at radius 2 is 1.76 bits per heavy atom. The Kier molecular flexibility index (Phi) is 3.83. The summed E-state index contributed by atoms with van der Waals surface area (Å²) in [6, 6.07) is 5.76. The van der Waals surface area contributed by atoms with Gasteiger partial charge in [0.25, 0.3) is 5.91 Å². The molecule has 1 saturated heterocycles. The van der Waals surface area contributed by atoms with Crippen LogP contribution in [0.2, 0.25) is 0 Å². The van der Waals surface area contributed by atoms with Crippen LogP contribution in [-0.4, -0.2) is 56.3 Å². The van der Waals surface area contributed by atoms with E-state index in [1.165, 1.54) is 0 Å². The minimum Gasteiger partial charge on any atom is -0.337 e. The molecule has 0 unspecified atom stereocenters. The molecule has 1 aliphatic heterocycles. The zero-order valence-corrected chi connectivity index (χ0v) is 14.4. The Morgan fingerprint density at radius 1 is 1.04 bits per heavy atom. The van der Waals surface area contributed by atoms with Gasteiger partial charge in [-0.1, -0.05) is 6.07 Å². The van der Waals surface area contributed by atoms with Gasteiger partial charge in [-0.05, 0) is 31.5 Å². The first-order valence-electron chi connectivity index (χ1n) is 8.40. The maximum Gasteiger partial charge on any atom is 0.272 e. The number of pyridine rings is 1. The second-order valence-electron chi connectivity index (χ2n) is 6.31. The molecular formula is C18H20N6O. The van der Waals surface area contributed by atoms with Gasteiger partial charge in [0, 0.05) is 44.8 Å². The van der Waals surface area contributed by atoms with E-state index in [9.17, 15) is 4.79 Å². The molecule has 3 aromatic rings. The topological polar surface area (TPSA) is 66.6 Å². The molecule has 128 valence electrons. The third-order valence-corrected chi connectivity index (χ3v) is 4.55. The summed E-state index contributed by atoms with van der Waals surface area (Å²) >= 11 is 0. The lowest BCUT2D eigenvalue weighted by Gasteiger charge is -2.34. The number of carbonyl (C=O) groups excluding carboxylic acids is 1. The molecule has 0 saturated carbocycles. The van der Waals surface area contributed by atoms with E-state index in [-0.39, 0.29) is 5.91 Å². The third-order valence-electron chi connectivity index (χ3n) is 4.55. The molecule has 0 bridgehead atoms. The Morgan fingerprint density at radius 3 is 2.48 bits per heavy atom. The van der Waals surface area contributed by atoms with E-state index in [4.69, 9.17) is 0 Å². The van der Waals surface area contributed by atoms with E-state index in [0.717, 1.165) is 35.9 Å². The molecule has 0 radical (unpaired) electrons. The molecule has 3 aromatic heterocycles. The molecule has 1 aliphatic rings. The number of amides is 1. The number of fused-ring (bicyclic) bond motifs is 1. The van der Waals surface area contributed by atoms with Gasteiger partial charge >= 0.3 is 0 Å². The van der Waals surface area contributed by atoms with Crippen molar-refractivity contribution in [2.75, 3.05) is 31.1 Å². The van der Waals surface area contributed by atoms with Crippen molar-refractivity contribution in [3.63, 3.8) is 0 Å². The van der Waals surface area contributed by atoms with Gasteiger partial charge in [-0.2, -0.15) is 0 Å². The maximum atomic E-state index is 13.1. The van der Waals surface area contributed by atoms with Crippen LogP contribution in [-0.2, 0) is 0 Å². The van der Waals surface area contributed by atoms with Crippen LogP contribution in [0.3, 0.4) is 0 Å². The van der Waals surface area contributed by atoms with Crippen molar-refractivity contribution >= 4 is 17.5 Å². The molecule has 0 N–H and O–H groups in total. The van der Waals surface area contributed by atoms with E-state index >= 15 is 0 Å². The molecule has 0 aromatic carbocycles. The number of anilines is 1. The van der Waals surface area contributed by atoms with Crippen LogP contribution in [0.5, 0.6) is 0 Å². The van der Waals surface area contributed by atoms with Crippen molar-refractivity contribution < 1.29 is 4.79 Å². The number of aromatic nitrogens is 4. The van der Waals surface area contributed by atoms with Gasteiger partial charge in [0.15, 0.2) is 0 Å². The lowest BCUT2D eigenvalue weighted by Crippen LogP contribution is -2.49. The molecule has 1 fully saturated rings. The number of aryl methyl sites for hydroxylation is 2. The first-order chi connectivity index (χ1) is 12.1. The fourth-order valence-electron chi connectivity index (χ4n) is 3.24. The Labute approximate surface area is 145 Å². The van der Waals surface area contributed by atoms with Crippen LogP contribution < -0.4 is 4.90 Å². The van der Waals surface area contributed by atoms with Crippen molar-refractivity contribution in [3.8, 4) is 0 Å². The predicted molar refractivity (Wildman–Crippen MR) is 94.8 cm³/mol. The van der Waals surface area contributed by atoms with Crippen LogP contribution in [0.15, 0.2) is 36.8 Å². The number of hydrogen-bond donors (Lipinski definition) is 0. The fraction of sp³-hybridized carbons (Fsp3) is 0.333. The van der Waals surface area contributed by atoms with Crippen molar-refractivity contribution in [3.05, 3.63) is 53.7 Å². The largest absolute Gasteiger partial charge is 0.337 e. The summed E-state index contributed by atoms with van der Waals surface area (Å²) in [5.41, 5.74) is 3.33. The molecule has 25 heavy (non-hydrogen) atoms. The number of piperazine rings is 1. The summed E-state index contributed by atoms with van der Waals surface area (Å²) in [5.74, 6) is 0.750. The molecule has 7 nitrogen and oxygen atoms in total. The van der Waals surface area contributed by atoms with E-state index < -0.39 is 0 Å². The fourth-order valence-corrected chi connectivity index (χ4v) is 3.24. The summed E-state index contributed by atoms with van der Waals surface area (Å²) in [7, 11) is 0. The monoisotopic (exact) mass is 336 g/mol. The van der Waals surface area contributed by atoms with Crippen LogP contribution in [0.1, 0.15) is 21.7 Å². The third kappa shape index (κ3) is 2.82. The highest BCUT2D eigenvalue weighted by Gasteiger charge is 2.26. The zero-order valence-electron chi connectivity index (χ0n) is 14.4. The van der Waals surface area contributed by atoms with Gasteiger partial charge in [-0.25, -0.2) is 15.0 Å². The van der Waals surface area contributed by atoms with Gasteiger partial charge in [0.05, 0.1) is 5.69 Å². The number of nitrogens with zero attached hydrogens (tertiary/aromatic N) is 6. The predicted octanol–water partition coefficient (Wildman–Crippen LogP) is 1.70. The lowest BCUT2D eigenvalue weighted by molar-refractivity contribution is 0.0738. The highest BCUT2D eigenvalue weighted by molar-refractivity contribution is 5.94. The first kappa shape index (κ1) is 15.6. The van der Waals surface area contributed by atoms with Gasteiger partial charge in [-0.15, -0.1) is 0 Å². The van der Waals surface area contributed by atoms with Crippen molar-refractivity contribution in [2.45, 2.75) is 13.8 Å². The minimum atomic E-state index is 0.0317. The number of carbonyl (C=O) groups is 1. The van der Waals surface area contributed by atoms with E-state index in [1.54, 1.807) is 18.5 Å². The molecule has 0 aliphatic carbocycles. The van der Waals surface area contributed by atoms with E-state index in [2.05, 4.69) is 19.9 Å². The summed E-state index contributed by atoms with van der Waals surface area (Å²) in [6.07, 6.45) is 5.45. The van der Waals surface area contributed by atoms with Crippen LogP contribution >= 0.6 is 0 Å². The SMILES string of the molecule is Cc1ccc2nc(C)c(C(=O)N3CCN(c4ncccn4)CC3)n2c1. The Hall–Kier alpha value is -2.96. The zero-order chi connectivity index (χ0) is 17.4. The molecule has 4 rings (SSSR count). The van der Waals surface area contributed by atoms with Gasteiger partial charge in [0.1, 0.15) is 11.3 Å². The molecule has 0 atom stereocenters. The Bertz CT molecular complexity index is 912. The molecule has 7 heteroatoms. The Balaban J connectivity index is 1.55. The second kappa shape index (κ2) is 6.16. The van der Waals surface area contributed by atoms with Gasteiger partial charge in [-0.3, -0.25) is 9.20 Å². The quantitative estimate of drug-likeness (QED) is 0.713. The highest BCUT2D eigenvalue weighted by atomic mass is 16.2. The maximum absolute atomic E-state index is 13.1. The summed E-state index contributed by atoms with van der Waals surface area (Å²) in [4.78, 5) is 30.1. The molecule has 1 amide bonds. The average molecular weight is 336 g/mol. The number of hydrogen-bond acceptors (Lipinski definition) is 5. The lowest BCUT2D eigenvalue weighted by atomic mass is 10.2. The van der Waals surface area contributed by atoms with Crippen molar-refractivity contribution in [2.24, 2.45) is 0 Å². The average Bonchev–Trinajstić information content (AvgIpc) is 2.97. The van der Waals surface area contributed by atoms with Crippen molar-refractivity contribution in [1.29, 1.82) is 0 Å². The summed E-state index contributed by atoms with van der Waals surface area (Å²) < 4.78 is 1.90. The normalized spacial score (nSPS) is 15.0. The van der Waals surface area contributed by atoms with Crippen LogP contribution in [0.25, 0.3) is 5.65 Å². The molecule has 0 spiro atoms. The standard InChI is InChI=1S/C18H20N6O/c1-13-4-5-15-21-14(2)16(24(15)12-13)17(25)22-8-10-23(11-9-22)18-19-6-3-7-20-18/h3-7,12H,8-11H2,1-2H3.